The highest BCUT2D eigenvalue weighted by molar-refractivity contribution is 5.43. The van der Waals surface area contributed by atoms with Crippen molar-refractivity contribution < 1.29 is 14.6 Å². The number of nitrogens with two attached hydrogens (primary N) is 1. The predicted octanol–water partition coefficient (Wildman–Crippen LogP) is -0.886. The Morgan fingerprint density at radius 2 is 1.93 bits per heavy atom. The first kappa shape index (κ1) is 9.57. The Labute approximate surface area is 75.5 Å². The van der Waals surface area contributed by atoms with Crippen molar-refractivity contribution in [3.05, 3.63) is 31.6 Å². The lowest BCUT2D eigenvalue weighted by Gasteiger charge is -2.03. The van der Waals surface area contributed by atoms with Crippen LogP contribution in [0.5, 0.6) is 0 Å². The van der Waals surface area contributed by atoms with Crippen LogP contribution >= 0.6 is 0 Å². The fraction of sp³-hybridized carbons (Fsp3) is 0. The molecule has 74 valence electrons. The number of hydrogen-bond donors (Lipinski definition) is 1. The molecule has 0 unspecified atom stereocenters. The van der Waals surface area contributed by atoms with Crippen LogP contribution in [0.2, 0.25) is 0 Å². The molecule has 0 aliphatic carbocycles. The largest absolute Gasteiger partial charge is 0.710 e. The quantitative estimate of drug-likeness (QED) is 0.282. The predicted molar refractivity (Wildman–Crippen MR) is 40.9 cm³/mol. The number of hydrogen-bond acceptors (Lipinski definition) is 7. The molecule has 0 saturated heterocycles. The van der Waals surface area contributed by atoms with Crippen molar-refractivity contribution in [1.29, 1.82) is 0 Å². The third-order valence-corrected chi connectivity index (χ3v) is 1.28. The van der Waals surface area contributed by atoms with Crippen molar-refractivity contribution in [1.82, 2.24) is 4.98 Å². The molecule has 14 heavy (non-hydrogen) atoms. The Bertz CT molecular complexity index is 417. The van der Waals surface area contributed by atoms with Crippen LogP contribution in [0.25, 0.3) is 0 Å². The van der Waals surface area contributed by atoms with Gasteiger partial charge in [-0.15, -0.1) is 0 Å². The molecule has 10 heteroatoms. The van der Waals surface area contributed by atoms with Crippen LogP contribution in [0.1, 0.15) is 0 Å². The molecule has 0 spiro atoms. The lowest BCUT2D eigenvalue weighted by atomic mass is 10.6. The van der Waals surface area contributed by atoms with Crippen molar-refractivity contribution in [2.45, 2.75) is 0 Å². The Hall–Kier alpha value is -2.52. The summed E-state index contributed by atoms with van der Waals surface area (Å²) in [7, 11) is 0. The van der Waals surface area contributed by atoms with Crippen LogP contribution in [-0.2, 0) is 0 Å². The molecule has 0 radical (unpaired) electrons. The summed E-state index contributed by atoms with van der Waals surface area (Å²) in [4.78, 5) is 21.3. The third kappa shape index (κ3) is 1.48. The van der Waals surface area contributed by atoms with E-state index in [2.05, 4.69) is 4.98 Å². The lowest BCUT2D eigenvalue weighted by molar-refractivity contribution is -0.599. The molecule has 0 atom stereocenters. The van der Waals surface area contributed by atoms with Crippen LogP contribution in [0.3, 0.4) is 0 Å². The summed E-state index contributed by atoms with van der Waals surface area (Å²) in [5.41, 5.74) is 4.98. The van der Waals surface area contributed by atoms with Gasteiger partial charge < -0.3 is 25.4 Å². The Morgan fingerprint density at radius 3 is 2.36 bits per heavy atom. The Balaban J connectivity index is 3.43. The van der Waals surface area contributed by atoms with E-state index in [4.69, 9.17) is 5.73 Å². The highest BCUT2D eigenvalue weighted by Gasteiger charge is 2.26. The SMILES string of the molecule is Nc1c([N+](=O)[O-])nc([N+](=O)[O-])c[n+]1[O-]. The zero-order valence-corrected chi connectivity index (χ0v) is 6.48. The minimum Gasteiger partial charge on any atom is -0.710 e. The molecular weight excluding hydrogens is 198 g/mol. The normalized spacial score (nSPS) is 9.71. The standard InChI is InChI=1S/C4H3N5O5/c5-3-4(9(13)14)6-2(8(11)12)1-7(3)10/h1H,5H2. The fourth-order valence-electron chi connectivity index (χ4n) is 0.690. The second-order valence-corrected chi connectivity index (χ2v) is 2.15. The van der Waals surface area contributed by atoms with E-state index in [1.807, 2.05) is 0 Å². The average Bonchev–Trinajstić information content (AvgIpc) is 2.08. The molecule has 0 aromatic carbocycles. The van der Waals surface area contributed by atoms with Gasteiger partial charge in [-0.3, -0.25) is 5.73 Å². The minimum atomic E-state index is -1.07. The molecule has 1 rings (SSSR count). The molecule has 10 nitrogen and oxygen atoms in total. The number of nitrogens with zero attached hydrogens (tertiary/aromatic N) is 4. The van der Waals surface area contributed by atoms with Gasteiger partial charge in [-0.2, -0.15) is 0 Å². The van der Waals surface area contributed by atoms with E-state index in [1.165, 1.54) is 0 Å². The van der Waals surface area contributed by atoms with E-state index in [0.29, 0.717) is 6.20 Å². The van der Waals surface area contributed by atoms with Gasteiger partial charge in [-0.1, -0.05) is 0 Å². The number of nitro groups is 2. The van der Waals surface area contributed by atoms with Crippen LogP contribution in [0.4, 0.5) is 17.5 Å². The minimum absolute atomic E-state index is 0.177. The van der Waals surface area contributed by atoms with Crippen molar-refractivity contribution in [2.75, 3.05) is 5.73 Å². The first-order valence-electron chi connectivity index (χ1n) is 3.12. The van der Waals surface area contributed by atoms with Gasteiger partial charge in [0.2, 0.25) is 0 Å². The summed E-state index contributed by atoms with van der Waals surface area (Å²) in [6.45, 7) is 0. The van der Waals surface area contributed by atoms with Crippen molar-refractivity contribution >= 4 is 17.5 Å². The summed E-state index contributed by atoms with van der Waals surface area (Å²) in [6.07, 6.45) is 0.447. The van der Waals surface area contributed by atoms with Gasteiger partial charge in [0.15, 0.2) is 6.20 Å². The summed E-state index contributed by atoms with van der Waals surface area (Å²) < 4.78 is -0.177. The van der Waals surface area contributed by atoms with Gasteiger partial charge in [0.05, 0.1) is 0 Å². The molecule has 0 fully saturated rings. The lowest BCUT2D eigenvalue weighted by Crippen LogP contribution is -2.32. The average molecular weight is 201 g/mol. The van der Waals surface area contributed by atoms with E-state index >= 15 is 0 Å². The zero-order chi connectivity index (χ0) is 10.9. The monoisotopic (exact) mass is 201 g/mol. The number of rotatable bonds is 2. The molecule has 1 aromatic heterocycles. The molecule has 0 aliphatic heterocycles. The summed E-state index contributed by atoms with van der Waals surface area (Å²) in [5.74, 6) is -2.75. The van der Waals surface area contributed by atoms with E-state index < -0.39 is 27.3 Å². The number of anilines is 1. The molecule has 0 amide bonds. The smallest absolute Gasteiger partial charge is 0.458 e. The maximum absolute atomic E-state index is 10.8. The number of aromatic nitrogens is 2. The van der Waals surface area contributed by atoms with Gasteiger partial charge >= 0.3 is 17.5 Å². The van der Waals surface area contributed by atoms with E-state index in [-0.39, 0.29) is 4.73 Å². The van der Waals surface area contributed by atoms with Gasteiger partial charge in [0.25, 0.3) is 0 Å². The summed E-state index contributed by atoms with van der Waals surface area (Å²) >= 11 is 0. The van der Waals surface area contributed by atoms with Crippen LogP contribution in [0, 0.1) is 25.4 Å². The highest BCUT2D eigenvalue weighted by Crippen LogP contribution is 2.16. The Kier molecular flexibility index (Phi) is 2.11. The topological polar surface area (TPSA) is 152 Å². The van der Waals surface area contributed by atoms with E-state index in [9.17, 15) is 25.4 Å². The van der Waals surface area contributed by atoms with Crippen LogP contribution in [-0.4, -0.2) is 14.8 Å². The summed E-state index contributed by atoms with van der Waals surface area (Å²) in [5, 5.41) is 31.2. The van der Waals surface area contributed by atoms with Crippen LogP contribution in [0.15, 0.2) is 6.20 Å². The molecule has 1 heterocycles. The van der Waals surface area contributed by atoms with Crippen LogP contribution < -0.4 is 10.5 Å². The maximum atomic E-state index is 10.8. The summed E-state index contributed by atoms with van der Waals surface area (Å²) in [6, 6.07) is 0. The molecule has 1 aromatic rings. The second kappa shape index (κ2) is 3.08. The van der Waals surface area contributed by atoms with Crippen molar-refractivity contribution in [3.63, 3.8) is 0 Å². The first-order valence-corrected chi connectivity index (χ1v) is 3.12. The molecule has 0 aliphatic rings. The van der Waals surface area contributed by atoms with E-state index in [0.717, 1.165) is 0 Å². The maximum Gasteiger partial charge on any atom is 0.458 e. The molecule has 2 N–H and O–H groups in total. The van der Waals surface area contributed by atoms with Gasteiger partial charge in [-0.05, 0) is 9.85 Å². The van der Waals surface area contributed by atoms with Gasteiger partial charge in [0.1, 0.15) is 0 Å². The highest BCUT2D eigenvalue weighted by atomic mass is 16.6. The first-order chi connectivity index (χ1) is 6.43. The van der Waals surface area contributed by atoms with Gasteiger partial charge in [-0.25, -0.2) is 4.73 Å². The number of nitrogen functional groups attached to an aromatic ring is 1. The van der Waals surface area contributed by atoms with E-state index in [1.54, 1.807) is 0 Å². The molecule has 0 bridgehead atoms. The fourth-order valence-corrected chi connectivity index (χ4v) is 0.690. The van der Waals surface area contributed by atoms with Crippen molar-refractivity contribution in [3.8, 4) is 0 Å². The Morgan fingerprint density at radius 1 is 1.36 bits per heavy atom. The zero-order valence-electron chi connectivity index (χ0n) is 6.48. The third-order valence-electron chi connectivity index (χ3n) is 1.28. The van der Waals surface area contributed by atoms with Gasteiger partial charge in [0, 0.05) is 4.98 Å². The second-order valence-electron chi connectivity index (χ2n) is 2.15. The molecular formula is C4H3N5O5. The molecule has 0 saturated carbocycles. The van der Waals surface area contributed by atoms with Crippen molar-refractivity contribution in [2.24, 2.45) is 0 Å².